The zero-order valence-corrected chi connectivity index (χ0v) is 17.0. The maximum Gasteiger partial charge on any atom is 0.183 e. The molecule has 0 N–H and O–H groups in total. The Morgan fingerprint density at radius 3 is 2.00 bits per heavy atom. The zero-order valence-electron chi connectivity index (χ0n) is 17.0. The molecule has 0 aromatic heterocycles. The van der Waals surface area contributed by atoms with Crippen molar-refractivity contribution < 1.29 is 18.9 Å². The Balaban J connectivity index is 1.25. The molecule has 0 bridgehead atoms. The van der Waals surface area contributed by atoms with Crippen LogP contribution in [0.3, 0.4) is 0 Å². The Morgan fingerprint density at radius 2 is 1.39 bits per heavy atom. The van der Waals surface area contributed by atoms with Crippen LogP contribution >= 0.6 is 0 Å². The summed E-state index contributed by atoms with van der Waals surface area (Å²) in [5.41, 5.74) is 1.63. The van der Waals surface area contributed by atoms with Gasteiger partial charge in [0.2, 0.25) is 0 Å². The Kier molecular flexibility index (Phi) is 8.75. The van der Waals surface area contributed by atoms with Gasteiger partial charge in [0.05, 0.1) is 38.1 Å². The Hall–Kier alpha value is -1.45. The lowest BCUT2D eigenvalue weighted by molar-refractivity contribution is -0.208. The van der Waals surface area contributed by atoms with Crippen molar-refractivity contribution in [3.05, 3.63) is 35.4 Å². The number of hydrogen-bond donors (Lipinski definition) is 0. The normalized spacial score (nSPS) is 28.0. The molecule has 0 amide bonds. The minimum atomic E-state index is -0.311. The van der Waals surface area contributed by atoms with Gasteiger partial charge in [-0.25, -0.2) is 0 Å². The van der Waals surface area contributed by atoms with Crippen molar-refractivity contribution in [3.8, 4) is 6.07 Å². The summed E-state index contributed by atoms with van der Waals surface area (Å²) in [5, 5.41) is 8.87. The van der Waals surface area contributed by atoms with Crippen LogP contribution in [0.1, 0.15) is 69.3 Å². The molecule has 1 aromatic carbocycles. The molecule has 1 aromatic rings. The van der Waals surface area contributed by atoms with E-state index >= 15 is 0 Å². The van der Waals surface area contributed by atoms with E-state index in [2.05, 4.69) is 13.0 Å². The summed E-state index contributed by atoms with van der Waals surface area (Å²) in [6.07, 6.45) is 7.72. The van der Waals surface area contributed by atoms with E-state index < -0.39 is 0 Å². The molecule has 2 fully saturated rings. The molecule has 2 saturated heterocycles. The van der Waals surface area contributed by atoms with E-state index in [4.69, 9.17) is 24.2 Å². The van der Waals surface area contributed by atoms with Crippen molar-refractivity contribution in [3.63, 3.8) is 0 Å². The Bertz CT molecular complexity index is 596. The van der Waals surface area contributed by atoms with E-state index in [-0.39, 0.29) is 12.6 Å². The van der Waals surface area contributed by atoms with E-state index in [1.807, 2.05) is 12.1 Å². The van der Waals surface area contributed by atoms with Gasteiger partial charge in [-0.05, 0) is 37.8 Å². The standard InChI is InChI=1S/C23H33NO4/c1-2-3-6-19-14-25-22(26-15-19)8-5-4-7-20-16-27-23(28-17-20)21-11-9-18(13-24)10-12-21/h9-12,19-20,22-23H,2-8,14-17H2,1H3/t19-,20-,22-,23-. The molecule has 5 nitrogen and oxygen atoms in total. The maximum atomic E-state index is 8.87. The lowest BCUT2D eigenvalue weighted by Crippen LogP contribution is -2.32. The molecule has 2 aliphatic rings. The molecule has 5 heteroatoms. The van der Waals surface area contributed by atoms with Crippen LogP contribution in [0.5, 0.6) is 0 Å². The second-order valence-corrected chi connectivity index (χ2v) is 7.99. The quantitative estimate of drug-likeness (QED) is 0.561. The van der Waals surface area contributed by atoms with Crippen molar-refractivity contribution in [1.29, 1.82) is 5.26 Å². The molecule has 154 valence electrons. The molecule has 0 unspecified atom stereocenters. The number of nitrogens with zero attached hydrogens (tertiary/aromatic N) is 1. The first-order chi connectivity index (χ1) is 13.8. The summed E-state index contributed by atoms with van der Waals surface area (Å²) in [6.45, 7) is 5.38. The summed E-state index contributed by atoms with van der Waals surface area (Å²) in [4.78, 5) is 0. The van der Waals surface area contributed by atoms with Gasteiger partial charge in [0.25, 0.3) is 0 Å². The number of hydrogen-bond acceptors (Lipinski definition) is 5. The van der Waals surface area contributed by atoms with Crippen LogP contribution in [0, 0.1) is 23.2 Å². The van der Waals surface area contributed by atoms with Crippen LogP contribution in [0.4, 0.5) is 0 Å². The van der Waals surface area contributed by atoms with Gasteiger partial charge in [0.1, 0.15) is 0 Å². The van der Waals surface area contributed by atoms with Crippen LogP contribution in [-0.4, -0.2) is 32.7 Å². The first-order valence-corrected chi connectivity index (χ1v) is 10.7. The van der Waals surface area contributed by atoms with Crippen LogP contribution in [-0.2, 0) is 18.9 Å². The average Bonchev–Trinajstić information content (AvgIpc) is 2.76. The number of unbranched alkanes of at least 4 members (excludes halogenated alkanes) is 2. The lowest BCUT2D eigenvalue weighted by Gasteiger charge is -2.30. The molecule has 2 aliphatic heterocycles. The highest BCUT2D eigenvalue weighted by atomic mass is 16.7. The third kappa shape index (κ3) is 6.56. The van der Waals surface area contributed by atoms with Gasteiger partial charge >= 0.3 is 0 Å². The molecular formula is C23H33NO4. The van der Waals surface area contributed by atoms with Crippen LogP contribution in [0.25, 0.3) is 0 Å². The van der Waals surface area contributed by atoms with E-state index in [1.165, 1.54) is 19.3 Å². The van der Waals surface area contributed by atoms with E-state index in [0.29, 0.717) is 17.4 Å². The molecule has 0 atom stereocenters. The van der Waals surface area contributed by atoms with Gasteiger partial charge in [0.15, 0.2) is 12.6 Å². The van der Waals surface area contributed by atoms with Crippen LogP contribution < -0.4 is 0 Å². The summed E-state index contributed by atoms with van der Waals surface area (Å²) in [7, 11) is 0. The molecule has 2 heterocycles. The first kappa shape index (κ1) is 21.3. The van der Waals surface area contributed by atoms with Crippen molar-refractivity contribution in [1.82, 2.24) is 0 Å². The topological polar surface area (TPSA) is 60.7 Å². The largest absolute Gasteiger partial charge is 0.352 e. The maximum absolute atomic E-state index is 8.87. The van der Waals surface area contributed by atoms with Crippen molar-refractivity contribution in [2.24, 2.45) is 11.8 Å². The number of nitriles is 1. The highest BCUT2D eigenvalue weighted by molar-refractivity contribution is 5.32. The molecule has 3 rings (SSSR count). The summed E-state index contributed by atoms with van der Waals surface area (Å²) >= 11 is 0. The second kappa shape index (κ2) is 11.5. The van der Waals surface area contributed by atoms with Gasteiger partial charge < -0.3 is 18.9 Å². The Labute approximate surface area is 168 Å². The fourth-order valence-electron chi connectivity index (χ4n) is 3.77. The van der Waals surface area contributed by atoms with E-state index in [0.717, 1.165) is 57.7 Å². The van der Waals surface area contributed by atoms with Crippen LogP contribution in [0.2, 0.25) is 0 Å². The Morgan fingerprint density at radius 1 is 0.821 bits per heavy atom. The third-order valence-corrected chi connectivity index (χ3v) is 5.58. The zero-order chi connectivity index (χ0) is 19.6. The van der Waals surface area contributed by atoms with Gasteiger partial charge in [0, 0.05) is 17.4 Å². The molecular weight excluding hydrogens is 354 g/mol. The predicted octanol–water partition coefficient (Wildman–Crippen LogP) is 4.96. The fraction of sp³-hybridized carbons (Fsp3) is 0.696. The highest BCUT2D eigenvalue weighted by Crippen LogP contribution is 2.28. The SMILES string of the molecule is CCCC[C@H]1CO[C@H](CCCC[C@H]2CO[C@H](c3ccc(C#N)cc3)OC2)OC1. The van der Waals surface area contributed by atoms with Crippen molar-refractivity contribution >= 4 is 0 Å². The number of benzene rings is 1. The van der Waals surface area contributed by atoms with Gasteiger partial charge in [-0.1, -0.05) is 38.3 Å². The minimum absolute atomic E-state index is 0.0162. The summed E-state index contributed by atoms with van der Waals surface area (Å²) < 4.78 is 23.5. The number of rotatable bonds is 9. The van der Waals surface area contributed by atoms with E-state index in [1.54, 1.807) is 12.1 Å². The molecule has 28 heavy (non-hydrogen) atoms. The summed E-state index contributed by atoms with van der Waals surface area (Å²) in [6, 6.07) is 9.54. The minimum Gasteiger partial charge on any atom is -0.352 e. The number of ether oxygens (including phenoxy) is 4. The molecule has 0 spiro atoms. The van der Waals surface area contributed by atoms with Gasteiger partial charge in [-0.2, -0.15) is 5.26 Å². The predicted molar refractivity (Wildman–Crippen MR) is 106 cm³/mol. The summed E-state index contributed by atoms with van der Waals surface area (Å²) in [5.74, 6) is 1.03. The van der Waals surface area contributed by atoms with Crippen molar-refractivity contribution in [2.45, 2.75) is 64.4 Å². The third-order valence-electron chi connectivity index (χ3n) is 5.58. The average molecular weight is 388 g/mol. The second-order valence-electron chi connectivity index (χ2n) is 7.99. The monoisotopic (exact) mass is 387 g/mol. The van der Waals surface area contributed by atoms with Crippen LogP contribution in [0.15, 0.2) is 24.3 Å². The van der Waals surface area contributed by atoms with Crippen molar-refractivity contribution in [2.75, 3.05) is 26.4 Å². The van der Waals surface area contributed by atoms with E-state index in [9.17, 15) is 0 Å². The molecule has 0 aliphatic carbocycles. The molecule has 0 saturated carbocycles. The molecule has 0 radical (unpaired) electrons. The van der Waals surface area contributed by atoms with Gasteiger partial charge in [-0.15, -0.1) is 0 Å². The highest BCUT2D eigenvalue weighted by Gasteiger charge is 2.24. The lowest BCUT2D eigenvalue weighted by atomic mass is 10.0. The first-order valence-electron chi connectivity index (χ1n) is 10.7. The smallest absolute Gasteiger partial charge is 0.183 e. The fourth-order valence-corrected chi connectivity index (χ4v) is 3.77. The van der Waals surface area contributed by atoms with Gasteiger partial charge in [-0.3, -0.25) is 0 Å².